The average molecular weight is 411 g/mol. The zero-order chi connectivity index (χ0) is 22.1. The minimum Gasteiger partial charge on any atom is -0.511 e. The fourth-order valence-corrected chi connectivity index (χ4v) is 4.05. The maximum atomic E-state index is 12.8. The lowest BCUT2D eigenvalue weighted by Gasteiger charge is -2.32. The third kappa shape index (κ3) is 4.37. The molecule has 30 heavy (non-hydrogen) atoms. The summed E-state index contributed by atoms with van der Waals surface area (Å²) in [6.07, 6.45) is 2.46. The van der Waals surface area contributed by atoms with Gasteiger partial charge in [-0.05, 0) is 43.7 Å². The van der Waals surface area contributed by atoms with E-state index in [2.05, 4.69) is 0 Å². The molecule has 2 aliphatic rings. The zero-order valence-corrected chi connectivity index (χ0v) is 18.2. The Hall–Kier alpha value is -2.76. The first kappa shape index (κ1) is 21.9. The van der Waals surface area contributed by atoms with Crippen LogP contribution in [0, 0.1) is 5.41 Å². The summed E-state index contributed by atoms with van der Waals surface area (Å²) in [4.78, 5) is 43.6. The molecule has 0 spiro atoms. The van der Waals surface area contributed by atoms with Gasteiger partial charge in [-0.25, -0.2) is 0 Å². The first-order valence-corrected chi connectivity index (χ1v) is 10.6. The summed E-state index contributed by atoms with van der Waals surface area (Å²) in [5.74, 6) is -0.699. The van der Waals surface area contributed by atoms with Crippen molar-refractivity contribution in [3.05, 3.63) is 46.7 Å². The molecule has 1 fully saturated rings. The molecule has 1 heterocycles. The summed E-state index contributed by atoms with van der Waals surface area (Å²) in [5.41, 5.74) is 1.64. The quantitative estimate of drug-likeness (QED) is 0.425. The molecule has 1 N–H and O–H groups in total. The number of allylic oxidation sites excluding steroid dienone is 2. The second-order valence-electron chi connectivity index (χ2n) is 9.01. The smallest absolute Gasteiger partial charge is 0.261 e. The van der Waals surface area contributed by atoms with Crippen molar-refractivity contribution >= 4 is 23.3 Å². The van der Waals surface area contributed by atoms with E-state index in [1.54, 1.807) is 24.3 Å². The number of carbonyl (C=O) groups excluding carboxylic acids is 3. The van der Waals surface area contributed by atoms with E-state index in [-0.39, 0.29) is 47.8 Å². The van der Waals surface area contributed by atoms with E-state index in [1.807, 2.05) is 27.7 Å². The Morgan fingerprint density at radius 2 is 1.73 bits per heavy atom. The molecule has 6 heteroatoms. The van der Waals surface area contributed by atoms with Gasteiger partial charge in [0.25, 0.3) is 11.8 Å². The number of nitrogens with zero attached hydrogens (tertiary/aromatic N) is 2. The molecule has 1 aliphatic carbocycles. The molecular formula is C24H30N2O4. The molecule has 2 amide bonds. The molecule has 160 valence electrons. The standard InChI is InChI=1S/C24H30N2O4/c1-5-15(2)25-18-13-24(3,4)14-20(28)21(18)19(27)11-8-12-26-22(29)16-9-6-7-10-17(16)23(26)30/h6-7,9-10,15,27H,5,8,11-14H2,1-4H3/t15-/m1/s1. The van der Waals surface area contributed by atoms with Crippen molar-refractivity contribution in [1.29, 1.82) is 0 Å². The predicted molar refractivity (Wildman–Crippen MR) is 116 cm³/mol. The van der Waals surface area contributed by atoms with Gasteiger partial charge in [-0.3, -0.25) is 24.3 Å². The predicted octanol–water partition coefficient (Wildman–Crippen LogP) is 4.50. The normalized spacial score (nSPS) is 22.5. The number of aliphatic hydroxyl groups excluding tert-OH is 1. The largest absolute Gasteiger partial charge is 0.511 e. The second-order valence-corrected chi connectivity index (χ2v) is 9.01. The summed E-state index contributed by atoms with van der Waals surface area (Å²) in [7, 11) is 0. The number of amides is 2. The average Bonchev–Trinajstić information content (AvgIpc) is 2.91. The van der Waals surface area contributed by atoms with Crippen molar-refractivity contribution in [1.82, 2.24) is 4.90 Å². The second kappa shape index (κ2) is 8.54. The highest BCUT2D eigenvalue weighted by Gasteiger charge is 2.37. The molecule has 0 saturated heterocycles. The molecule has 3 rings (SSSR count). The van der Waals surface area contributed by atoms with Crippen LogP contribution in [0.3, 0.4) is 0 Å². The van der Waals surface area contributed by atoms with E-state index >= 15 is 0 Å². The Bertz CT molecular complexity index is 907. The molecular weight excluding hydrogens is 380 g/mol. The van der Waals surface area contributed by atoms with Crippen LogP contribution in [0.5, 0.6) is 0 Å². The summed E-state index contributed by atoms with van der Waals surface area (Å²) in [5, 5.41) is 10.7. The van der Waals surface area contributed by atoms with Gasteiger partial charge in [-0.15, -0.1) is 0 Å². The number of Topliss-reactive ketones (excluding diaryl/α,β-unsaturated/α-hetero) is 1. The molecule has 1 aromatic rings. The number of aliphatic imine (C=N–C) groups is 1. The Kier molecular flexibility index (Phi) is 6.25. The highest BCUT2D eigenvalue weighted by atomic mass is 16.3. The molecule has 0 radical (unpaired) electrons. The highest BCUT2D eigenvalue weighted by molar-refractivity contribution is 6.24. The number of hydrogen-bond acceptors (Lipinski definition) is 5. The number of imide groups is 1. The Morgan fingerprint density at radius 3 is 2.30 bits per heavy atom. The van der Waals surface area contributed by atoms with Gasteiger partial charge in [0.1, 0.15) is 5.76 Å². The summed E-state index contributed by atoms with van der Waals surface area (Å²) in [6, 6.07) is 6.84. The minimum atomic E-state index is -0.308. The van der Waals surface area contributed by atoms with Gasteiger partial charge in [0, 0.05) is 31.1 Å². The topological polar surface area (TPSA) is 87.0 Å². The van der Waals surface area contributed by atoms with Crippen LogP contribution < -0.4 is 0 Å². The van der Waals surface area contributed by atoms with Gasteiger partial charge >= 0.3 is 0 Å². The van der Waals surface area contributed by atoms with E-state index in [0.29, 0.717) is 41.7 Å². The SMILES string of the molecule is CC[C@@H](C)N=C1CC(C)(C)CC(=O)C1=C(O)CCCN1C(=O)c2ccccc2C1=O. The molecule has 0 unspecified atom stereocenters. The summed E-state index contributed by atoms with van der Waals surface area (Å²) in [6.45, 7) is 8.30. The van der Waals surface area contributed by atoms with Crippen LogP contribution in [-0.2, 0) is 4.79 Å². The third-order valence-electron chi connectivity index (χ3n) is 5.78. The monoisotopic (exact) mass is 410 g/mol. The van der Waals surface area contributed by atoms with Crippen molar-refractivity contribution in [2.24, 2.45) is 10.4 Å². The van der Waals surface area contributed by atoms with Crippen molar-refractivity contribution < 1.29 is 19.5 Å². The van der Waals surface area contributed by atoms with Crippen molar-refractivity contribution in [2.45, 2.75) is 65.8 Å². The number of aliphatic hydroxyl groups is 1. The number of carbonyl (C=O) groups is 3. The van der Waals surface area contributed by atoms with Crippen LogP contribution in [0.2, 0.25) is 0 Å². The van der Waals surface area contributed by atoms with Crippen LogP contribution in [0.15, 0.2) is 40.6 Å². The van der Waals surface area contributed by atoms with E-state index in [9.17, 15) is 19.5 Å². The van der Waals surface area contributed by atoms with Crippen LogP contribution >= 0.6 is 0 Å². The van der Waals surface area contributed by atoms with Crippen molar-refractivity contribution in [3.63, 3.8) is 0 Å². The van der Waals surface area contributed by atoms with Gasteiger partial charge in [-0.1, -0.05) is 32.9 Å². The van der Waals surface area contributed by atoms with Gasteiger partial charge in [0.15, 0.2) is 5.78 Å². The molecule has 1 aliphatic heterocycles. The summed E-state index contributed by atoms with van der Waals surface area (Å²) >= 11 is 0. The summed E-state index contributed by atoms with van der Waals surface area (Å²) < 4.78 is 0. The van der Waals surface area contributed by atoms with Gasteiger partial charge in [-0.2, -0.15) is 0 Å². The Balaban J connectivity index is 1.74. The maximum Gasteiger partial charge on any atom is 0.261 e. The molecule has 1 saturated carbocycles. The number of fused-ring (bicyclic) bond motifs is 1. The van der Waals surface area contributed by atoms with Crippen LogP contribution in [0.1, 0.15) is 80.5 Å². The molecule has 0 aromatic heterocycles. The maximum absolute atomic E-state index is 12.8. The van der Waals surface area contributed by atoms with Gasteiger partial charge in [0.2, 0.25) is 0 Å². The first-order chi connectivity index (χ1) is 14.1. The fourth-order valence-electron chi connectivity index (χ4n) is 4.05. The lowest BCUT2D eigenvalue weighted by Crippen LogP contribution is -2.33. The minimum absolute atomic E-state index is 0.00848. The van der Waals surface area contributed by atoms with E-state index in [4.69, 9.17) is 4.99 Å². The van der Waals surface area contributed by atoms with E-state index in [0.717, 1.165) is 6.42 Å². The zero-order valence-electron chi connectivity index (χ0n) is 18.2. The fraction of sp³-hybridized carbons (Fsp3) is 0.500. The van der Waals surface area contributed by atoms with E-state index in [1.165, 1.54) is 4.90 Å². The third-order valence-corrected chi connectivity index (χ3v) is 5.78. The lowest BCUT2D eigenvalue weighted by atomic mass is 9.73. The number of hydrogen-bond donors (Lipinski definition) is 1. The highest BCUT2D eigenvalue weighted by Crippen LogP contribution is 2.36. The van der Waals surface area contributed by atoms with Crippen molar-refractivity contribution in [3.8, 4) is 0 Å². The number of ketones is 1. The lowest BCUT2D eigenvalue weighted by molar-refractivity contribution is -0.117. The Morgan fingerprint density at radius 1 is 1.13 bits per heavy atom. The number of rotatable bonds is 6. The van der Waals surface area contributed by atoms with Crippen LogP contribution in [0.4, 0.5) is 0 Å². The molecule has 0 bridgehead atoms. The molecule has 1 aromatic carbocycles. The van der Waals surface area contributed by atoms with Crippen LogP contribution in [-0.4, -0.2) is 45.9 Å². The van der Waals surface area contributed by atoms with Crippen molar-refractivity contribution in [2.75, 3.05) is 6.54 Å². The number of benzene rings is 1. The molecule has 1 atom stereocenters. The Labute approximate surface area is 177 Å². The van der Waals surface area contributed by atoms with Crippen LogP contribution in [0.25, 0.3) is 0 Å². The van der Waals surface area contributed by atoms with E-state index < -0.39 is 0 Å². The molecule has 6 nitrogen and oxygen atoms in total. The van der Waals surface area contributed by atoms with Gasteiger partial charge in [0.05, 0.1) is 16.7 Å². The first-order valence-electron chi connectivity index (χ1n) is 10.6. The van der Waals surface area contributed by atoms with Gasteiger partial charge < -0.3 is 5.11 Å².